The van der Waals surface area contributed by atoms with E-state index in [1.807, 2.05) is 0 Å². The normalized spacial score (nSPS) is 18.2. The Balaban J connectivity index is 1.83. The number of hydrogen-bond donors (Lipinski definition) is 1. The van der Waals surface area contributed by atoms with Crippen LogP contribution in [0.5, 0.6) is 5.75 Å². The van der Waals surface area contributed by atoms with Crippen molar-refractivity contribution in [2.75, 3.05) is 26.4 Å². The zero-order valence-electron chi connectivity index (χ0n) is 22.1. The number of hydrogen-bond acceptors (Lipinski definition) is 6. The molecule has 36 heavy (non-hydrogen) atoms. The summed E-state index contributed by atoms with van der Waals surface area (Å²) in [5.74, 6) is 0.771. The molecule has 0 saturated heterocycles. The Bertz CT molecular complexity index is 836. The molecule has 0 aliphatic heterocycles. The number of carbonyl (C=O) groups excluding carboxylic acids is 2. The summed E-state index contributed by atoms with van der Waals surface area (Å²) in [4.78, 5) is 23.8. The van der Waals surface area contributed by atoms with Gasteiger partial charge >= 0.3 is 11.9 Å². The van der Waals surface area contributed by atoms with Crippen LogP contribution in [0.2, 0.25) is 0 Å². The molecule has 1 aromatic carbocycles. The minimum atomic E-state index is -0.620. The van der Waals surface area contributed by atoms with Crippen LogP contribution in [-0.4, -0.2) is 43.5 Å². The maximum Gasteiger partial charge on any atom is 0.335 e. The summed E-state index contributed by atoms with van der Waals surface area (Å²) in [6.45, 7) is 11.6. The lowest BCUT2D eigenvalue weighted by molar-refractivity contribution is -0.144. The molecule has 1 unspecified atom stereocenters. The lowest BCUT2D eigenvalue weighted by Crippen LogP contribution is -2.25. The lowest BCUT2D eigenvalue weighted by Gasteiger charge is -2.31. The standard InChI is InChI=1S/C30H44O6/c1-5-6-7-8-17-34-28-15-13-27(14-16-28)26-11-9-24(10-12-26)18-25(20-35-29(32)22(2)3)21-36-30(33)23(4)19-31/h13-16,24-26,31H,2,4-12,17-21H2,1,3H3. The van der Waals surface area contributed by atoms with Crippen molar-refractivity contribution in [1.82, 2.24) is 0 Å². The Labute approximate surface area is 216 Å². The number of aliphatic hydroxyl groups is 1. The highest BCUT2D eigenvalue weighted by atomic mass is 16.5. The number of aliphatic hydroxyl groups excluding tert-OH is 1. The van der Waals surface area contributed by atoms with Gasteiger partial charge in [-0.3, -0.25) is 0 Å². The first-order chi connectivity index (χ1) is 17.3. The largest absolute Gasteiger partial charge is 0.494 e. The van der Waals surface area contributed by atoms with Crippen LogP contribution < -0.4 is 4.74 Å². The third-order valence-corrected chi connectivity index (χ3v) is 6.86. The van der Waals surface area contributed by atoms with E-state index in [9.17, 15) is 9.59 Å². The lowest BCUT2D eigenvalue weighted by atomic mass is 9.76. The van der Waals surface area contributed by atoms with Gasteiger partial charge in [0.2, 0.25) is 0 Å². The average Bonchev–Trinajstić information content (AvgIpc) is 2.89. The third kappa shape index (κ3) is 10.6. The van der Waals surface area contributed by atoms with Gasteiger partial charge in [0.15, 0.2) is 0 Å². The summed E-state index contributed by atoms with van der Waals surface area (Å²) >= 11 is 0. The molecule has 0 radical (unpaired) electrons. The summed E-state index contributed by atoms with van der Waals surface area (Å²) in [6, 6.07) is 8.56. The monoisotopic (exact) mass is 500 g/mol. The van der Waals surface area contributed by atoms with Crippen molar-refractivity contribution in [1.29, 1.82) is 0 Å². The molecule has 1 aliphatic carbocycles. The van der Waals surface area contributed by atoms with Crippen LogP contribution >= 0.6 is 0 Å². The molecule has 2 rings (SSSR count). The van der Waals surface area contributed by atoms with Crippen molar-refractivity contribution in [2.45, 2.75) is 77.6 Å². The summed E-state index contributed by atoms with van der Waals surface area (Å²) in [7, 11) is 0. The Kier molecular flexibility index (Phi) is 13.3. The first-order valence-electron chi connectivity index (χ1n) is 13.3. The van der Waals surface area contributed by atoms with Crippen LogP contribution in [0.25, 0.3) is 0 Å². The molecule has 0 aromatic heterocycles. The smallest absolute Gasteiger partial charge is 0.335 e. The highest BCUT2D eigenvalue weighted by Gasteiger charge is 2.26. The van der Waals surface area contributed by atoms with Gasteiger partial charge in [-0.2, -0.15) is 0 Å². The van der Waals surface area contributed by atoms with Crippen LogP contribution in [0.3, 0.4) is 0 Å². The molecule has 1 N–H and O–H groups in total. The van der Waals surface area contributed by atoms with Crippen LogP contribution in [0.1, 0.15) is 83.1 Å². The fourth-order valence-electron chi connectivity index (χ4n) is 4.62. The SMILES string of the molecule is C=C(C)C(=O)OCC(COC(=O)C(=C)CO)CC1CCC(c2ccc(OCCCCCC)cc2)CC1. The van der Waals surface area contributed by atoms with Gasteiger partial charge in [0, 0.05) is 11.5 Å². The maximum absolute atomic E-state index is 11.9. The van der Waals surface area contributed by atoms with Crippen molar-refractivity contribution in [3.8, 4) is 5.75 Å². The second kappa shape index (κ2) is 16.2. The number of carbonyl (C=O) groups is 2. The molecule has 1 aromatic rings. The van der Waals surface area contributed by atoms with Crippen molar-refractivity contribution in [3.63, 3.8) is 0 Å². The summed E-state index contributed by atoms with van der Waals surface area (Å²) in [5.41, 5.74) is 1.71. The minimum absolute atomic E-state index is 0.0149. The second-order valence-electron chi connectivity index (χ2n) is 10.0. The van der Waals surface area contributed by atoms with E-state index in [0.29, 0.717) is 17.4 Å². The molecule has 6 heteroatoms. The molecule has 1 saturated carbocycles. The van der Waals surface area contributed by atoms with Gasteiger partial charge in [-0.15, -0.1) is 0 Å². The van der Waals surface area contributed by atoms with E-state index in [0.717, 1.165) is 50.9 Å². The van der Waals surface area contributed by atoms with Crippen LogP contribution in [0.15, 0.2) is 48.6 Å². The van der Waals surface area contributed by atoms with Crippen LogP contribution in [-0.2, 0) is 19.1 Å². The van der Waals surface area contributed by atoms with Gasteiger partial charge in [0.1, 0.15) is 5.75 Å². The van der Waals surface area contributed by atoms with Gasteiger partial charge in [-0.1, -0.05) is 51.5 Å². The third-order valence-electron chi connectivity index (χ3n) is 6.86. The molecule has 0 bridgehead atoms. The summed E-state index contributed by atoms with van der Waals surface area (Å²) < 4.78 is 16.6. The fraction of sp³-hybridized carbons (Fsp3) is 0.600. The first kappa shape index (κ1) is 29.6. The van der Waals surface area contributed by atoms with Gasteiger partial charge in [-0.05, 0) is 75.0 Å². The Morgan fingerprint density at radius 1 is 0.972 bits per heavy atom. The number of esters is 2. The first-order valence-corrected chi connectivity index (χ1v) is 13.3. The van der Waals surface area contributed by atoms with Crippen molar-refractivity contribution < 1.29 is 28.9 Å². The van der Waals surface area contributed by atoms with Gasteiger partial charge in [0.25, 0.3) is 0 Å². The van der Waals surface area contributed by atoms with E-state index in [-0.39, 0.29) is 24.7 Å². The quantitative estimate of drug-likeness (QED) is 0.167. The van der Waals surface area contributed by atoms with E-state index in [1.165, 1.54) is 24.8 Å². The number of benzene rings is 1. The molecular formula is C30H44O6. The molecular weight excluding hydrogens is 456 g/mol. The van der Waals surface area contributed by atoms with Crippen molar-refractivity contribution >= 4 is 11.9 Å². The molecule has 0 heterocycles. The Morgan fingerprint density at radius 3 is 2.19 bits per heavy atom. The molecule has 1 aliphatic rings. The predicted octanol–water partition coefficient (Wildman–Crippen LogP) is 6.14. The zero-order valence-corrected chi connectivity index (χ0v) is 22.1. The molecule has 1 fully saturated rings. The van der Waals surface area contributed by atoms with E-state index in [1.54, 1.807) is 6.92 Å². The fourth-order valence-corrected chi connectivity index (χ4v) is 4.62. The van der Waals surface area contributed by atoms with E-state index in [4.69, 9.17) is 19.3 Å². The van der Waals surface area contributed by atoms with Gasteiger partial charge in [-0.25, -0.2) is 9.59 Å². The van der Waals surface area contributed by atoms with Crippen LogP contribution in [0, 0.1) is 11.8 Å². The number of unbranched alkanes of at least 4 members (excludes halogenated alkanes) is 3. The second-order valence-corrected chi connectivity index (χ2v) is 10.0. The van der Waals surface area contributed by atoms with E-state index < -0.39 is 18.5 Å². The Morgan fingerprint density at radius 2 is 1.61 bits per heavy atom. The highest BCUT2D eigenvalue weighted by molar-refractivity contribution is 5.88. The van der Waals surface area contributed by atoms with Crippen molar-refractivity contribution in [3.05, 3.63) is 54.1 Å². The van der Waals surface area contributed by atoms with Crippen LogP contribution in [0.4, 0.5) is 0 Å². The molecule has 0 amide bonds. The van der Waals surface area contributed by atoms with Gasteiger partial charge in [0.05, 0.1) is 32.0 Å². The summed E-state index contributed by atoms with van der Waals surface area (Å²) in [6.07, 6.45) is 9.95. The highest BCUT2D eigenvalue weighted by Crippen LogP contribution is 2.38. The molecule has 0 spiro atoms. The topological polar surface area (TPSA) is 82.1 Å². The van der Waals surface area contributed by atoms with Gasteiger partial charge < -0.3 is 19.3 Å². The van der Waals surface area contributed by atoms with E-state index >= 15 is 0 Å². The zero-order chi connectivity index (χ0) is 26.3. The molecule has 6 nitrogen and oxygen atoms in total. The molecule has 1 atom stereocenters. The predicted molar refractivity (Wildman–Crippen MR) is 142 cm³/mol. The molecule has 200 valence electrons. The average molecular weight is 501 g/mol. The van der Waals surface area contributed by atoms with Crippen molar-refractivity contribution in [2.24, 2.45) is 11.8 Å². The summed E-state index contributed by atoms with van der Waals surface area (Å²) in [5, 5.41) is 9.08. The minimum Gasteiger partial charge on any atom is -0.494 e. The van der Waals surface area contributed by atoms with E-state index in [2.05, 4.69) is 44.3 Å². The number of rotatable bonds is 16. The number of ether oxygens (including phenoxy) is 3. The maximum atomic E-state index is 11.9. The Hall–Kier alpha value is -2.60.